The first kappa shape index (κ1) is 17.3. The molecular formula is C19H26N6O. The summed E-state index contributed by atoms with van der Waals surface area (Å²) in [7, 11) is 0. The van der Waals surface area contributed by atoms with Crippen LogP contribution in [0.25, 0.3) is 5.52 Å². The van der Waals surface area contributed by atoms with Gasteiger partial charge in [0.05, 0.1) is 29.6 Å². The molecule has 2 fully saturated rings. The van der Waals surface area contributed by atoms with Crippen molar-refractivity contribution in [3.63, 3.8) is 0 Å². The van der Waals surface area contributed by atoms with Crippen molar-refractivity contribution in [1.82, 2.24) is 19.8 Å². The predicted molar refractivity (Wildman–Crippen MR) is 100 cm³/mol. The molecule has 0 aliphatic carbocycles. The summed E-state index contributed by atoms with van der Waals surface area (Å²) in [5, 5.41) is 17.1. The van der Waals surface area contributed by atoms with Crippen molar-refractivity contribution in [3.8, 4) is 6.07 Å². The summed E-state index contributed by atoms with van der Waals surface area (Å²) >= 11 is 0. The summed E-state index contributed by atoms with van der Waals surface area (Å²) in [4.78, 5) is 4.87. The number of aromatic nitrogens is 2. The van der Waals surface area contributed by atoms with E-state index in [1.54, 1.807) is 10.7 Å². The second-order valence-corrected chi connectivity index (χ2v) is 7.43. The summed E-state index contributed by atoms with van der Waals surface area (Å²) in [6.45, 7) is 10.2. The van der Waals surface area contributed by atoms with Crippen molar-refractivity contribution < 1.29 is 4.74 Å². The lowest BCUT2D eigenvalue weighted by Crippen LogP contribution is -2.55. The Balaban J connectivity index is 1.54. The average Bonchev–Trinajstić information content (AvgIpc) is 3.10. The number of nitrogens with one attached hydrogen (secondary N) is 1. The van der Waals surface area contributed by atoms with Gasteiger partial charge in [-0.3, -0.25) is 4.90 Å². The van der Waals surface area contributed by atoms with Gasteiger partial charge in [0.2, 0.25) is 0 Å². The molecule has 3 atom stereocenters. The van der Waals surface area contributed by atoms with Crippen molar-refractivity contribution in [2.24, 2.45) is 0 Å². The van der Waals surface area contributed by atoms with Crippen LogP contribution in [0.5, 0.6) is 0 Å². The van der Waals surface area contributed by atoms with E-state index in [1.807, 2.05) is 18.2 Å². The molecule has 0 saturated carbocycles. The number of ether oxygens (including phenoxy) is 1. The Bertz CT molecular complexity index is 812. The highest BCUT2D eigenvalue weighted by atomic mass is 16.5. The minimum Gasteiger partial charge on any atom is -0.370 e. The van der Waals surface area contributed by atoms with Gasteiger partial charge >= 0.3 is 0 Å². The number of fused-ring (bicyclic) bond motifs is 1. The molecule has 0 aromatic carbocycles. The Morgan fingerprint density at radius 2 is 2.15 bits per heavy atom. The fourth-order valence-corrected chi connectivity index (χ4v) is 4.16. The molecule has 7 nitrogen and oxygen atoms in total. The second-order valence-electron chi connectivity index (χ2n) is 7.43. The third-order valence-electron chi connectivity index (χ3n) is 5.23. The first-order valence-corrected chi connectivity index (χ1v) is 9.37. The minimum atomic E-state index is 0.174. The van der Waals surface area contributed by atoms with Crippen molar-refractivity contribution in [2.75, 3.05) is 44.2 Å². The van der Waals surface area contributed by atoms with Crippen molar-refractivity contribution in [3.05, 3.63) is 30.1 Å². The van der Waals surface area contributed by atoms with Crippen LogP contribution in [0, 0.1) is 11.3 Å². The largest absolute Gasteiger partial charge is 0.370 e. The summed E-state index contributed by atoms with van der Waals surface area (Å²) in [6.07, 6.45) is 2.11. The molecule has 0 amide bonds. The number of anilines is 1. The number of piperazine rings is 1. The summed E-state index contributed by atoms with van der Waals surface area (Å²) in [5.41, 5.74) is 2.66. The van der Waals surface area contributed by atoms with Crippen LogP contribution >= 0.6 is 0 Å². The number of nitriles is 1. The average molecular weight is 354 g/mol. The molecule has 1 unspecified atom stereocenters. The van der Waals surface area contributed by atoms with E-state index in [-0.39, 0.29) is 12.2 Å². The van der Waals surface area contributed by atoms with Crippen LogP contribution in [-0.2, 0) is 4.74 Å². The summed E-state index contributed by atoms with van der Waals surface area (Å²) in [5.74, 6) is 0. The maximum Gasteiger partial charge on any atom is 0.142 e. The molecule has 26 heavy (non-hydrogen) atoms. The molecule has 7 heteroatoms. The molecular weight excluding hydrogens is 328 g/mol. The van der Waals surface area contributed by atoms with Gasteiger partial charge in [0, 0.05) is 45.3 Å². The van der Waals surface area contributed by atoms with E-state index in [4.69, 9.17) is 4.74 Å². The van der Waals surface area contributed by atoms with Gasteiger partial charge in [-0.15, -0.1) is 0 Å². The molecule has 2 aromatic heterocycles. The second kappa shape index (κ2) is 7.23. The van der Waals surface area contributed by atoms with E-state index < -0.39 is 0 Å². The molecule has 2 aromatic rings. The van der Waals surface area contributed by atoms with E-state index >= 15 is 0 Å². The van der Waals surface area contributed by atoms with Crippen molar-refractivity contribution in [1.29, 1.82) is 5.26 Å². The zero-order valence-electron chi connectivity index (χ0n) is 15.4. The summed E-state index contributed by atoms with van der Waals surface area (Å²) < 4.78 is 7.96. The number of pyridine rings is 1. The molecule has 4 heterocycles. The SMILES string of the molecule is CC1CN(C[C@H]2CN(c3ccc(C#N)n4nccc34)C[C@@H](C)O2)CCN1. The monoisotopic (exact) mass is 354 g/mol. The van der Waals surface area contributed by atoms with Crippen LogP contribution in [0.1, 0.15) is 19.5 Å². The number of rotatable bonds is 3. The zero-order chi connectivity index (χ0) is 18.1. The van der Waals surface area contributed by atoms with E-state index in [0.29, 0.717) is 11.7 Å². The van der Waals surface area contributed by atoms with Crippen LogP contribution in [-0.4, -0.2) is 72.0 Å². The fraction of sp³-hybridized carbons (Fsp3) is 0.579. The van der Waals surface area contributed by atoms with Crippen LogP contribution < -0.4 is 10.2 Å². The molecule has 2 aliphatic rings. The molecule has 1 N–H and O–H groups in total. The van der Waals surface area contributed by atoms with E-state index in [9.17, 15) is 5.26 Å². The van der Waals surface area contributed by atoms with Gasteiger partial charge in [-0.1, -0.05) is 0 Å². The Labute approximate surface area is 154 Å². The van der Waals surface area contributed by atoms with Crippen LogP contribution in [0.2, 0.25) is 0 Å². The minimum absolute atomic E-state index is 0.174. The lowest BCUT2D eigenvalue weighted by atomic mass is 10.1. The third-order valence-corrected chi connectivity index (χ3v) is 5.23. The molecule has 2 saturated heterocycles. The number of hydrogen-bond acceptors (Lipinski definition) is 6. The quantitative estimate of drug-likeness (QED) is 0.890. The molecule has 2 aliphatic heterocycles. The fourth-order valence-electron chi connectivity index (χ4n) is 4.16. The lowest BCUT2D eigenvalue weighted by molar-refractivity contribution is -0.0350. The molecule has 0 bridgehead atoms. The van der Waals surface area contributed by atoms with Gasteiger partial charge in [-0.2, -0.15) is 10.4 Å². The number of morpholine rings is 1. The Morgan fingerprint density at radius 3 is 2.96 bits per heavy atom. The van der Waals surface area contributed by atoms with Gasteiger partial charge in [0.15, 0.2) is 0 Å². The predicted octanol–water partition coefficient (Wildman–Crippen LogP) is 1.09. The van der Waals surface area contributed by atoms with Gasteiger partial charge in [0.25, 0.3) is 0 Å². The van der Waals surface area contributed by atoms with Crippen LogP contribution in [0.15, 0.2) is 24.4 Å². The Hall–Kier alpha value is -2.14. The summed E-state index contributed by atoms with van der Waals surface area (Å²) in [6, 6.07) is 8.60. The topological polar surface area (TPSA) is 68.8 Å². The van der Waals surface area contributed by atoms with Crippen molar-refractivity contribution >= 4 is 11.2 Å². The molecule has 138 valence electrons. The van der Waals surface area contributed by atoms with Crippen LogP contribution in [0.3, 0.4) is 0 Å². The van der Waals surface area contributed by atoms with Gasteiger partial charge in [-0.25, -0.2) is 4.52 Å². The highest BCUT2D eigenvalue weighted by Crippen LogP contribution is 2.26. The highest BCUT2D eigenvalue weighted by molar-refractivity contribution is 5.74. The first-order valence-electron chi connectivity index (χ1n) is 9.37. The molecule has 0 radical (unpaired) electrons. The third kappa shape index (κ3) is 3.40. The van der Waals surface area contributed by atoms with Crippen molar-refractivity contribution in [2.45, 2.75) is 32.1 Å². The van der Waals surface area contributed by atoms with E-state index in [0.717, 1.165) is 50.5 Å². The zero-order valence-corrected chi connectivity index (χ0v) is 15.4. The van der Waals surface area contributed by atoms with E-state index in [2.05, 4.69) is 40.1 Å². The molecule has 0 spiro atoms. The lowest BCUT2D eigenvalue weighted by Gasteiger charge is -2.41. The normalized spacial score (nSPS) is 27.6. The van der Waals surface area contributed by atoms with Gasteiger partial charge < -0.3 is 15.0 Å². The Morgan fingerprint density at radius 1 is 1.27 bits per heavy atom. The maximum atomic E-state index is 9.29. The molecule has 4 rings (SSSR count). The maximum absolute atomic E-state index is 9.29. The first-order chi connectivity index (χ1) is 12.6. The van der Waals surface area contributed by atoms with Gasteiger partial charge in [0.1, 0.15) is 11.8 Å². The number of hydrogen-bond donors (Lipinski definition) is 1. The Kier molecular flexibility index (Phi) is 4.81. The standard InChI is InChI=1S/C19H26N6O/c1-14-10-23(8-7-21-14)12-17-13-24(11-15(2)26-17)18-4-3-16(9-20)25-19(18)5-6-22-25/h3-6,14-15,17,21H,7-8,10-13H2,1-2H3/t14?,15-,17+/m1/s1. The number of nitrogens with zero attached hydrogens (tertiary/aromatic N) is 5. The van der Waals surface area contributed by atoms with Gasteiger partial charge in [-0.05, 0) is 32.0 Å². The highest BCUT2D eigenvalue weighted by Gasteiger charge is 2.29. The van der Waals surface area contributed by atoms with E-state index in [1.165, 1.54) is 0 Å². The van der Waals surface area contributed by atoms with Crippen LogP contribution in [0.4, 0.5) is 5.69 Å². The smallest absolute Gasteiger partial charge is 0.142 e.